The maximum absolute atomic E-state index is 11.4. The third-order valence-corrected chi connectivity index (χ3v) is 13.5. The number of aromatic hydroxyl groups is 1. The molecule has 0 saturated heterocycles. The molecule has 12 aromatic rings. The summed E-state index contributed by atoms with van der Waals surface area (Å²) in [5.74, 6) is 1.83. The van der Waals surface area contributed by atoms with Crippen molar-refractivity contribution in [3.63, 3.8) is 0 Å². The van der Waals surface area contributed by atoms with E-state index in [1.54, 1.807) is 121 Å². The van der Waals surface area contributed by atoms with E-state index in [9.17, 15) is 30.6 Å². The minimum absolute atomic E-state index is 0.0445. The van der Waals surface area contributed by atoms with Crippen molar-refractivity contribution in [2.45, 2.75) is 19.4 Å². The smallest absolute Gasteiger partial charge is 0.263 e. The monoisotopic (exact) mass is 1090 g/mol. The lowest BCUT2D eigenvalue weighted by molar-refractivity contribution is -0.398. The average Bonchev–Trinajstić information content (AvgIpc) is 4.34. The van der Waals surface area contributed by atoms with E-state index in [0.717, 1.165) is 16.6 Å². The number of hydrogen-bond acceptors (Lipinski definition) is 13. The van der Waals surface area contributed by atoms with E-state index in [4.69, 9.17) is 9.40 Å². The summed E-state index contributed by atoms with van der Waals surface area (Å²) in [5.41, 5.74) is 12.4. The SMILES string of the molecule is CN=C(O)c1ccc2[nH]c(-c3cc(N=C(O)c4ccc5[nH]c(-c6nc(N=C(O)[C@H]([NH3+])CCN=C(O)c7ccc8[nH]c(-c9cc(N=C(O)c%10ccc%11[nH]c(-c%12ncc(C)o%12)nc%11c%10)cn9C)nc8c7)cn6C)nc5c4O)cn3C)nc2c1. The maximum atomic E-state index is 11.4. The molecule has 4 aromatic carbocycles. The molecule has 0 aliphatic carbocycles. The van der Waals surface area contributed by atoms with E-state index in [2.05, 4.69) is 75.6 Å². The minimum Gasteiger partial charge on any atom is -0.505 e. The molecular weight excluding hydrogens is 1040 g/mol. The first-order chi connectivity index (χ1) is 39.0. The Morgan fingerprint density at radius 2 is 1.15 bits per heavy atom. The van der Waals surface area contributed by atoms with Crippen LogP contribution in [0.5, 0.6) is 5.75 Å². The van der Waals surface area contributed by atoms with Crippen LogP contribution in [0.3, 0.4) is 0 Å². The largest absolute Gasteiger partial charge is 0.505 e. The van der Waals surface area contributed by atoms with Gasteiger partial charge in [0.15, 0.2) is 46.7 Å². The lowest BCUT2D eigenvalue weighted by Crippen LogP contribution is -2.65. The lowest BCUT2D eigenvalue weighted by atomic mass is 10.1. The molecule has 0 radical (unpaired) electrons. The molecular formula is C55H50N19O7+. The molecule has 0 bridgehead atoms. The second-order valence-electron chi connectivity index (χ2n) is 19.2. The van der Waals surface area contributed by atoms with Gasteiger partial charge in [-0.05, 0) is 85.8 Å². The molecule has 0 aliphatic rings. The molecule has 26 nitrogen and oxygen atoms in total. The van der Waals surface area contributed by atoms with Crippen LogP contribution < -0.4 is 5.73 Å². The number of aromatic nitrogens is 13. The minimum atomic E-state index is -0.706. The first kappa shape index (κ1) is 50.7. The fourth-order valence-corrected chi connectivity index (χ4v) is 9.26. The summed E-state index contributed by atoms with van der Waals surface area (Å²) in [5, 5.41) is 65.6. The summed E-state index contributed by atoms with van der Waals surface area (Å²) in [6.45, 7) is 1.91. The number of aromatic amines is 4. The summed E-state index contributed by atoms with van der Waals surface area (Å²) in [4.78, 5) is 61.6. The van der Waals surface area contributed by atoms with Gasteiger partial charge in [-0.2, -0.15) is 4.99 Å². The predicted octanol–water partition coefficient (Wildman–Crippen LogP) is 8.07. The van der Waals surface area contributed by atoms with Crippen LogP contribution in [0.2, 0.25) is 0 Å². The van der Waals surface area contributed by atoms with Gasteiger partial charge in [-0.15, -0.1) is 0 Å². The Morgan fingerprint density at radius 3 is 1.74 bits per heavy atom. The normalized spacial score (nSPS) is 13.5. The quantitative estimate of drug-likeness (QED) is 0.0342. The molecule has 406 valence electrons. The number of imidazole rings is 5. The third-order valence-electron chi connectivity index (χ3n) is 13.5. The van der Waals surface area contributed by atoms with Gasteiger partial charge in [0.1, 0.15) is 11.3 Å². The van der Waals surface area contributed by atoms with E-state index < -0.39 is 11.9 Å². The van der Waals surface area contributed by atoms with E-state index >= 15 is 0 Å². The fourth-order valence-electron chi connectivity index (χ4n) is 9.26. The zero-order chi connectivity index (χ0) is 56.4. The predicted molar refractivity (Wildman–Crippen MR) is 305 cm³/mol. The molecule has 0 saturated carbocycles. The number of quaternary nitrogens is 1. The Balaban J connectivity index is 0.682. The fraction of sp³-hybridized carbons (Fsp3) is 0.145. The Bertz CT molecular complexity index is 4610. The van der Waals surface area contributed by atoms with Crippen molar-refractivity contribution in [1.82, 2.24) is 63.5 Å². The van der Waals surface area contributed by atoms with Crippen molar-refractivity contribution >= 4 is 90.8 Å². The van der Waals surface area contributed by atoms with Crippen LogP contribution >= 0.6 is 0 Å². The highest BCUT2D eigenvalue weighted by atomic mass is 16.4. The lowest BCUT2D eigenvalue weighted by Gasteiger charge is -2.05. The number of aliphatic hydroxyl groups excluding tert-OH is 5. The van der Waals surface area contributed by atoms with Crippen molar-refractivity contribution in [2.24, 2.45) is 46.1 Å². The van der Waals surface area contributed by atoms with Crippen molar-refractivity contribution in [2.75, 3.05) is 13.6 Å². The molecule has 26 heteroatoms. The van der Waals surface area contributed by atoms with Crippen LogP contribution in [0.1, 0.15) is 34.4 Å². The molecule has 0 spiro atoms. The third kappa shape index (κ3) is 9.73. The van der Waals surface area contributed by atoms with E-state index in [0.29, 0.717) is 96.5 Å². The molecule has 0 fully saturated rings. The second kappa shape index (κ2) is 20.0. The van der Waals surface area contributed by atoms with Crippen LogP contribution in [0.4, 0.5) is 17.2 Å². The molecule has 0 unspecified atom stereocenters. The number of fused-ring (bicyclic) bond motifs is 4. The molecule has 13 N–H and O–H groups in total. The Kier molecular flexibility index (Phi) is 12.5. The molecule has 81 heavy (non-hydrogen) atoms. The topological polar surface area (TPSA) is 379 Å². The number of phenolic OH excluding ortho intramolecular Hbond substituents is 1. The van der Waals surface area contributed by atoms with E-state index in [1.165, 1.54) is 13.1 Å². The van der Waals surface area contributed by atoms with Crippen molar-refractivity contribution in [3.05, 3.63) is 132 Å². The summed E-state index contributed by atoms with van der Waals surface area (Å²) < 4.78 is 10.9. The number of rotatable bonds is 15. The van der Waals surface area contributed by atoms with Crippen molar-refractivity contribution in [3.8, 4) is 52.2 Å². The van der Waals surface area contributed by atoms with Gasteiger partial charge < -0.3 is 74.4 Å². The summed E-state index contributed by atoms with van der Waals surface area (Å²) in [6.07, 6.45) is 6.92. The zero-order valence-corrected chi connectivity index (χ0v) is 43.9. The molecule has 8 heterocycles. The average molecular weight is 1090 g/mol. The summed E-state index contributed by atoms with van der Waals surface area (Å²) >= 11 is 0. The number of aliphatic imine (C=N–C) groups is 5. The molecule has 0 aliphatic heterocycles. The highest BCUT2D eigenvalue weighted by Gasteiger charge is 2.22. The Hall–Kier alpha value is -11.2. The number of benzene rings is 4. The molecule has 8 aromatic heterocycles. The first-order valence-electron chi connectivity index (χ1n) is 25.1. The summed E-state index contributed by atoms with van der Waals surface area (Å²) in [7, 11) is 6.88. The van der Waals surface area contributed by atoms with Gasteiger partial charge in [0.25, 0.3) is 5.89 Å². The van der Waals surface area contributed by atoms with Gasteiger partial charge in [0.2, 0.25) is 29.5 Å². The Labute approximate surface area is 456 Å². The van der Waals surface area contributed by atoms with Crippen LogP contribution in [-0.2, 0) is 21.1 Å². The summed E-state index contributed by atoms with van der Waals surface area (Å²) in [6, 6.07) is 21.7. The Morgan fingerprint density at radius 1 is 0.605 bits per heavy atom. The highest BCUT2D eigenvalue weighted by Crippen LogP contribution is 2.33. The highest BCUT2D eigenvalue weighted by molar-refractivity contribution is 6.03. The van der Waals surface area contributed by atoms with Gasteiger partial charge >= 0.3 is 0 Å². The standard InChI is InChI=1S/C55H49N19O7/c1-25-21-59-55(81-25)48-64-35-12-8-28(18-39(35)68-48)52(78)60-29-19-40(72(3)22-29)45-63-34-11-7-27(17-38(34)67-45)51(77)58-15-14-32(56)54(80)70-42-24-74(5)49(69-42)47-65-36-13-9-31(44(75)43(36)71-47)53(79)61-30-20-41(73(4)23-30)46-62-33-10-6-26(50(76)57-2)16-37(33)66-46/h6-13,16-24,32,75H,14-15,56H2,1-5H3,(H,57,76)(H,58,77)(H,60,78)(H,61,79)(H,62,66)(H,63,67)(H,64,68)(H,65,71)(H,70,80)/p+1/t32-/m1/s1. The van der Waals surface area contributed by atoms with Crippen molar-refractivity contribution < 1.29 is 40.8 Å². The van der Waals surface area contributed by atoms with Crippen LogP contribution in [-0.4, -0.2) is 143 Å². The maximum Gasteiger partial charge on any atom is 0.263 e. The van der Waals surface area contributed by atoms with Crippen molar-refractivity contribution in [1.29, 1.82) is 0 Å². The van der Waals surface area contributed by atoms with Crippen LogP contribution in [0.15, 0.2) is 133 Å². The number of oxazole rings is 1. The molecule has 0 amide bonds. The molecule has 1 atom stereocenters. The number of nitrogens with one attached hydrogen (secondary N) is 4. The van der Waals surface area contributed by atoms with E-state index in [-0.39, 0.29) is 65.0 Å². The zero-order valence-electron chi connectivity index (χ0n) is 43.9. The van der Waals surface area contributed by atoms with Gasteiger partial charge in [-0.1, -0.05) is 0 Å². The van der Waals surface area contributed by atoms with Gasteiger partial charge in [-0.3, -0.25) is 9.98 Å². The number of aryl methyl sites for hydroxylation is 4. The van der Waals surface area contributed by atoms with E-state index in [1.807, 2.05) is 18.7 Å². The second-order valence-corrected chi connectivity index (χ2v) is 19.2. The van der Waals surface area contributed by atoms with Gasteiger partial charge in [0, 0.05) is 70.2 Å². The first-order valence-corrected chi connectivity index (χ1v) is 25.1. The number of hydrogen-bond donors (Lipinski definition) is 11. The van der Waals surface area contributed by atoms with Gasteiger partial charge in [0.05, 0.1) is 79.3 Å². The van der Waals surface area contributed by atoms with Crippen LogP contribution in [0, 0.1) is 6.92 Å². The number of phenols is 1. The van der Waals surface area contributed by atoms with Crippen LogP contribution in [0.25, 0.3) is 90.5 Å². The number of H-pyrrole nitrogens is 4. The number of nitrogens with zero attached hydrogens (tertiary/aromatic N) is 14. The van der Waals surface area contributed by atoms with Gasteiger partial charge in [-0.25, -0.2) is 39.9 Å². The number of aliphatic hydroxyl groups is 5. The molecule has 12 rings (SSSR count).